The molecule has 3 heterocycles. The van der Waals surface area contributed by atoms with Crippen molar-refractivity contribution in [2.45, 2.75) is 37.8 Å². The molecule has 1 N–H and O–H groups in total. The van der Waals surface area contributed by atoms with Crippen LogP contribution in [0.25, 0.3) is 11.0 Å². The summed E-state index contributed by atoms with van der Waals surface area (Å²) in [6.07, 6.45) is 3.83. The van der Waals surface area contributed by atoms with Crippen molar-refractivity contribution >= 4 is 40.1 Å². The molecule has 2 saturated heterocycles. The fourth-order valence-corrected chi connectivity index (χ4v) is 5.58. The number of nitrogens with zero attached hydrogens (tertiary/aromatic N) is 3. The summed E-state index contributed by atoms with van der Waals surface area (Å²) < 4.78 is 1.90. The average molecular weight is 473 g/mol. The van der Waals surface area contributed by atoms with E-state index < -0.39 is 0 Å². The molecule has 0 atom stereocenters. The Kier molecular flexibility index (Phi) is 6.01. The number of halogens is 2. The van der Waals surface area contributed by atoms with E-state index in [2.05, 4.69) is 9.88 Å². The fourth-order valence-electron chi connectivity index (χ4n) is 5.21. The molecular weight excluding hydrogens is 447 g/mol. The summed E-state index contributed by atoms with van der Waals surface area (Å²) in [6, 6.07) is 13.4. The minimum absolute atomic E-state index is 0.0588. The van der Waals surface area contributed by atoms with E-state index in [1.54, 1.807) is 12.1 Å². The van der Waals surface area contributed by atoms with Crippen LogP contribution in [0.3, 0.4) is 0 Å². The standard InChI is InChI=1S/C24H26Cl2N4O2/c25-17-3-1-2-16(14-17)23(31)29-12-6-19(7-13-29)28-10-8-20(9-11-28)30-22-5-4-18(26)15-21(22)27-24(30)32/h1-5,14-15,19-20H,6-13H2,(H,27,32). The van der Waals surface area contributed by atoms with Crippen LogP contribution in [0.15, 0.2) is 47.3 Å². The first kappa shape index (κ1) is 21.6. The van der Waals surface area contributed by atoms with Crippen molar-refractivity contribution < 1.29 is 4.79 Å². The molecule has 8 heteroatoms. The lowest BCUT2D eigenvalue weighted by Crippen LogP contribution is -2.49. The quantitative estimate of drug-likeness (QED) is 0.606. The molecular formula is C24H26Cl2N4O2. The highest BCUT2D eigenvalue weighted by Gasteiger charge is 2.31. The molecule has 2 aliphatic heterocycles. The number of hydrogen-bond donors (Lipinski definition) is 1. The lowest BCUT2D eigenvalue weighted by atomic mass is 9.97. The number of aromatic amines is 1. The van der Waals surface area contributed by atoms with Crippen molar-refractivity contribution in [3.05, 3.63) is 68.6 Å². The molecule has 0 radical (unpaired) electrons. The topological polar surface area (TPSA) is 61.3 Å². The van der Waals surface area contributed by atoms with Crippen LogP contribution in [-0.4, -0.2) is 57.5 Å². The van der Waals surface area contributed by atoms with E-state index in [1.165, 1.54) is 0 Å². The van der Waals surface area contributed by atoms with E-state index in [-0.39, 0.29) is 17.6 Å². The summed E-state index contributed by atoms with van der Waals surface area (Å²) in [4.78, 5) is 32.8. The molecule has 0 spiro atoms. The Labute approximate surface area is 196 Å². The summed E-state index contributed by atoms with van der Waals surface area (Å²) >= 11 is 12.1. The van der Waals surface area contributed by atoms with Crippen molar-refractivity contribution in [3.8, 4) is 0 Å². The van der Waals surface area contributed by atoms with Gasteiger partial charge in [0.1, 0.15) is 0 Å². The summed E-state index contributed by atoms with van der Waals surface area (Å²) in [7, 11) is 0. The Hall–Kier alpha value is -2.28. The number of imidazole rings is 1. The van der Waals surface area contributed by atoms with Crippen molar-refractivity contribution in [1.82, 2.24) is 19.4 Å². The number of amides is 1. The predicted octanol–water partition coefficient (Wildman–Crippen LogP) is 4.58. The number of carbonyl (C=O) groups is 1. The van der Waals surface area contributed by atoms with Crippen LogP contribution >= 0.6 is 23.2 Å². The van der Waals surface area contributed by atoms with Gasteiger partial charge in [0.25, 0.3) is 5.91 Å². The first-order chi connectivity index (χ1) is 15.5. The molecule has 1 aromatic heterocycles. The first-order valence-corrected chi connectivity index (χ1v) is 11.9. The molecule has 1 amide bonds. The van der Waals surface area contributed by atoms with Gasteiger partial charge in [-0.1, -0.05) is 29.3 Å². The highest BCUT2D eigenvalue weighted by atomic mass is 35.5. The molecule has 0 aliphatic carbocycles. The second kappa shape index (κ2) is 8.93. The van der Waals surface area contributed by atoms with E-state index in [0.29, 0.717) is 21.7 Å². The number of aromatic nitrogens is 2. The third-order valence-electron chi connectivity index (χ3n) is 6.88. The van der Waals surface area contributed by atoms with Crippen LogP contribution in [0.1, 0.15) is 42.1 Å². The summed E-state index contributed by atoms with van der Waals surface area (Å²) in [5.74, 6) is 0.0588. The number of hydrogen-bond acceptors (Lipinski definition) is 3. The van der Waals surface area contributed by atoms with Crippen LogP contribution < -0.4 is 5.69 Å². The maximum atomic E-state index is 12.8. The molecule has 3 aromatic rings. The summed E-state index contributed by atoms with van der Waals surface area (Å²) in [5.41, 5.74) is 2.31. The SMILES string of the molecule is O=C(c1cccc(Cl)c1)N1CCC(N2CCC(n3c(=O)[nH]c4cc(Cl)ccc43)CC2)CC1. The molecule has 5 rings (SSSR count). The first-order valence-electron chi connectivity index (χ1n) is 11.2. The summed E-state index contributed by atoms with van der Waals surface area (Å²) in [5, 5.41) is 1.21. The highest BCUT2D eigenvalue weighted by Crippen LogP contribution is 2.29. The zero-order valence-corrected chi connectivity index (χ0v) is 19.3. The smallest absolute Gasteiger partial charge is 0.326 e. The Balaban J connectivity index is 1.19. The zero-order valence-electron chi connectivity index (χ0n) is 17.8. The number of likely N-dealkylation sites (tertiary alicyclic amines) is 2. The number of carbonyl (C=O) groups excluding carboxylic acids is 1. The molecule has 32 heavy (non-hydrogen) atoms. The van der Waals surface area contributed by atoms with Crippen molar-refractivity contribution in [1.29, 1.82) is 0 Å². The normalized spacial score (nSPS) is 19.0. The maximum absolute atomic E-state index is 12.8. The van der Waals surface area contributed by atoms with Gasteiger partial charge in [-0.2, -0.15) is 0 Å². The minimum Gasteiger partial charge on any atom is -0.339 e. The Morgan fingerprint density at radius 3 is 2.28 bits per heavy atom. The van der Waals surface area contributed by atoms with Gasteiger partial charge in [0.05, 0.1) is 11.0 Å². The van der Waals surface area contributed by atoms with Crippen LogP contribution in [0.5, 0.6) is 0 Å². The lowest BCUT2D eigenvalue weighted by Gasteiger charge is -2.42. The van der Waals surface area contributed by atoms with Crippen LogP contribution in [0.2, 0.25) is 10.0 Å². The molecule has 0 unspecified atom stereocenters. The molecule has 2 fully saturated rings. The number of rotatable bonds is 3. The van der Waals surface area contributed by atoms with Gasteiger partial charge >= 0.3 is 5.69 Å². The highest BCUT2D eigenvalue weighted by molar-refractivity contribution is 6.31. The largest absolute Gasteiger partial charge is 0.339 e. The number of H-pyrrole nitrogens is 1. The van der Waals surface area contributed by atoms with Gasteiger partial charge in [-0.3, -0.25) is 9.36 Å². The van der Waals surface area contributed by atoms with Gasteiger partial charge in [0.15, 0.2) is 0 Å². The lowest BCUT2D eigenvalue weighted by molar-refractivity contribution is 0.0558. The Morgan fingerprint density at radius 1 is 0.875 bits per heavy atom. The van der Waals surface area contributed by atoms with Gasteiger partial charge in [0.2, 0.25) is 0 Å². The Morgan fingerprint density at radius 2 is 1.56 bits per heavy atom. The second-order valence-corrected chi connectivity index (χ2v) is 9.64. The Bertz CT molecular complexity index is 1190. The number of benzene rings is 2. The summed E-state index contributed by atoms with van der Waals surface area (Å²) in [6.45, 7) is 3.45. The average Bonchev–Trinajstić information content (AvgIpc) is 3.13. The maximum Gasteiger partial charge on any atom is 0.326 e. The third-order valence-corrected chi connectivity index (χ3v) is 7.35. The second-order valence-electron chi connectivity index (χ2n) is 8.76. The molecule has 6 nitrogen and oxygen atoms in total. The predicted molar refractivity (Wildman–Crippen MR) is 128 cm³/mol. The molecule has 168 valence electrons. The van der Waals surface area contributed by atoms with Crippen LogP contribution in [0, 0.1) is 0 Å². The number of piperidine rings is 2. The van der Waals surface area contributed by atoms with Gasteiger partial charge < -0.3 is 14.8 Å². The van der Waals surface area contributed by atoms with Gasteiger partial charge in [-0.05, 0) is 62.1 Å². The zero-order chi connectivity index (χ0) is 22.2. The van der Waals surface area contributed by atoms with E-state index >= 15 is 0 Å². The fraction of sp³-hybridized carbons (Fsp3) is 0.417. The molecule has 2 aromatic carbocycles. The van der Waals surface area contributed by atoms with Gasteiger partial charge in [0, 0.05) is 53.9 Å². The molecule has 2 aliphatic rings. The van der Waals surface area contributed by atoms with E-state index in [0.717, 1.165) is 62.9 Å². The van der Waals surface area contributed by atoms with E-state index in [1.807, 2.05) is 39.8 Å². The van der Waals surface area contributed by atoms with Crippen LogP contribution in [0.4, 0.5) is 0 Å². The number of nitrogens with one attached hydrogen (secondary N) is 1. The van der Waals surface area contributed by atoms with Crippen molar-refractivity contribution in [2.24, 2.45) is 0 Å². The molecule has 0 bridgehead atoms. The van der Waals surface area contributed by atoms with Gasteiger partial charge in [-0.25, -0.2) is 4.79 Å². The third kappa shape index (κ3) is 4.19. The van der Waals surface area contributed by atoms with Crippen LogP contribution in [-0.2, 0) is 0 Å². The van der Waals surface area contributed by atoms with Crippen molar-refractivity contribution in [2.75, 3.05) is 26.2 Å². The minimum atomic E-state index is -0.0615. The number of fused-ring (bicyclic) bond motifs is 1. The van der Waals surface area contributed by atoms with E-state index in [9.17, 15) is 9.59 Å². The van der Waals surface area contributed by atoms with Gasteiger partial charge in [-0.15, -0.1) is 0 Å². The monoisotopic (exact) mass is 472 g/mol. The van der Waals surface area contributed by atoms with Crippen molar-refractivity contribution in [3.63, 3.8) is 0 Å². The van der Waals surface area contributed by atoms with E-state index in [4.69, 9.17) is 23.2 Å². The molecule has 0 saturated carbocycles.